The van der Waals surface area contributed by atoms with Crippen LogP contribution in [-0.4, -0.2) is 42.3 Å². The standard InChI is InChI=1S/C24H36O5/c1-15(25)29-14-21(28-4)24(27)12-9-20-18-6-5-16-13-17(26)7-10-22(16,2)19(18)8-11-23(20,24)3/h13,18-21,27H,5-12,14H2,1-4H3/t18-,19+,20+,21+,22+,23+,24-/m1/s1. The summed E-state index contributed by atoms with van der Waals surface area (Å²) in [7, 11) is 1.60. The zero-order valence-corrected chi connectivity index (χ0v) is 18.3. The number of fused-ring (bicyclic) bond motifs is 5. The van der Waals surface area contributed by atoms with Gasteiger partial charge in [-0.1, -0.05) is 19.4 Å². The summed E-state index contributed by atoms with van der Waals surface area (Å²) in [6, 6.07) is 0. The van der Waals surface area contributed by atoms with Crippen LogP contribution in [0.15, 0.2) is 11.6 Å². The van der Waals surface area contributed by atoms with Crippen LogP contribution in [0, 0.1) is 28.6 Å². The Hall–Kier alpha value is -1.20. The molecule has 7 atom stereocenters. The molecule has 4 aliphatic carbocycles. The Labute approximate surface area is 174 Å². The van der Waals surface area contributed by atoms with E-state index in [2.05, 4.69) is 13.8 Å². The van der Waals surface area contributed by atoms with E-state index in [9.17, 15) is 14.7 Å². The van der Waals surface area contributed by atoms with Crippen molar-refractivity contribution >= 4 is 11.8 Å². The fraction of sp³-hybridized carbons (Fsp3) is 0.833. The number of ketones is 1. The van der Waals surface area contributed by atoms with Crippen molar-refractivity contribution in [2.24, 2.45) is 28.6 Å². The first-order chi connectivity index (χ1) is 13.7. The molecule has 5 heteroatoms. The summed E-state index contributed by atoms with van der Waals surface area (Å²) >= 11 is 0. The van der Waals surface area contributed by atoms with Gasteiger partial charge in [-0.05, 0) is 74.2 Å². The molecule has 0 amide bonds. The third kappa shape index (κ3) is 3.03. The Morgan fingerprint density at radius 1 is 1.17 bits per heavy atom. The zero-order chi connectivity index (χ0) is 21.0. The molecule has 3 fully saturated rings. The van der Waals surface area contributed by atoms with E-state index in [1.165, 1.54) is 12.5 Å². The Morgan fingerprint density at radius 2 is 1.90 bits per heavy atom. The first-order valence-corrected chi connectivity index (χ1v) is 11.3. The predicted molar refractivity (Wildman–Crippen MR) is 109 cm³/mol. The Kier molecular flexibility index (Phi) is 5.22. The molecule has 0 aromatic heterocycles. The molecule has 162 valence electrons. The van der Waals surface area contributed by atoms with E-state index in [1.807, 2.05) is 6.08 Å². The summed E-state index contributed by atoms with van der Waals surface area (Å²) in [5, 5.41) is 11.9. The molecule has 0 aromatic rings. The average molecular weight is 405 g/mol. The maximum absolute atomic E-state index is 12.0. The number of carbonyl (C=O) groups is 2. The number of esters is 1. The van der Waals surface area contributed by atoms with Gasteiger partial charge in [-0.15, -0.1) is 0 Å². The maximum atomic E-state index is 12.0. The van der Waals surface area contributed by atoms with Crippen LogP contribution < -0.4 is 0 Å². The zero-order valence-electron chi connectivity index (χ0n) is 18.3. The average Bonchev–Trinajstić information content (AvgIpc) is 2.94. The minimum Gasteiger partial charge on any atom is -0.463 e. The maximum Gasteiger partial charge on any atom is 0.302 e. The second-order valence-corrected chi connectivity index (χ2v) is 10.4. The molecule has 0 unspecified atom stereocenters. The summed E-state index contributed by atoms with van der Waals surface area (Å²) in [5.74, 6) is 1.55. The van der Waals surface area contributed by atoms with E-state index in [-0.39, 0.29) is 23.4 Å². The highest BCUT2D eigenvalue weighted by Gasteiger charge is 2.66. The van der Waals surface area contributed by atoms with E-state index < -0.39 is 11.7 Å². The quantitative estimate of drug-likeness (QED) is 0.721. The molecule has 0 aliphatic heterocycles. The smallest absolute Gasteiger partial charge is 0.302 e. The molecule has 0 bridgehead atoms. The predicted octanol–water partition coefficient (Wildman–Crippen LogP) is 3.83. The lowest BCUT2D eigenvalue weighted by molar-refractivity contribution is -0.198. The highest BCUT2D eigenvalue weighted by Crippen LogP contribution is 2.68. The van der Waals surface area contributed by atoms with E-state index in [0.717, 1.165) is 38.5 Å². The van der Waals surface area contributed by atoms with Crippen molar-refractivity contribution in [3.8, 4) is 0 Å². The van der Waals surface area contributed by atoms with Gasteiger partial charge >= 0.3 is 5.97 Å². The van der Waals surface area contributed by atoms with Crippen LogP contribution in [0.3, 0.4) is 0 Å². The Bertz CT molecular complexity index is 729. The lowest BCUT2D eigenvalue weighted by Gasteiger charge is -2.59. The molecule has 0 radical (unpaired) electrons. The van der Waals surface area contributed by atoms with Gasteiger partial charge in [0.1, 0.15) is 12.7 Å². The van der Waals surface area contributed by atoms with E-state index in [4.69, 9.17) is 9.47 Å². The second-order valence-electron chi connectivity index (χ2n) is 10.4. The third-order valence-electron chi connectivity index (χ3n) is 9.43. The number of carbonyl (C=O) groups excluding carboxylic acids is 2. The summed E-state index contributed by atoms with van der Waals surface area (Å²) in [5.41, 5.74) is 0.289. The third-order valence-corrected chi connectivity index (χ3v) is 9.43. The van der Waals surface area contributed by atoms with Crippen molar-refractivity contribution in [1.29, 1.82) is 0 Å². The van der Waals surface area contributed by atoms with Gasteiger partial charge in [0.05, 0.1) is 5.60 Å². The lowest BCUT2D eigenvalue weighted by Crippen LogP contribution is -2.60. The highest BCUT2D eigenvalue weighted by atomic mass is 16.6. The summed E-state index contributed by atoms with van der Waals surface area (Å²) in [6.07, 6.45) is 8.91. The van der Waals surface area contributed by atoms with Gasteiger partial charge in [0.15, 0.2) is 5.78 Å². The highest BCUT2D eigenvalue weighted by molar-refractivity contribution is 5.91. The normalized spacial score (nSPS) is 44.9. The summed E-state index contributed by atoms with van der Waals surface area (Å²) < 4.78 is 10.9. The fourth-order valence-corrected chi connectivity index (χ4v) is 7.73. The lowest BCUT2D eigenvalue weighted by atomic mass is 9.46. The first kappa shape index (κ1) is 21.0. The molecule has 0 spiro atoms. The molecule has 3 saturated carbocycles. The molecule has 1 N–H and O–H groups in total. The first-order valence-electron chi connectivity index (χ1n) is 11.3. The van der Waals surface area contributed by atoms with Crippen molar-refractivity contribution in [2.75, 3.05) is 13.7 Å². The number of aliphatic hydroxyl groups is 1. The van der Waals surface area contributed by atoms with Crippen LogP contribution in [0.1, 0.15) is 72.1 Å². The molecule has 4 aliphatic rings. The van der Waals surface area contributed by atoms with Crippen LogP contribution in [0.4, 0.5) is 0 Å². The van der Waals surface area contributed by atoms with Crippen LogP contribution in [0.25, 0.3) is 0 Å². The van der Waals surface area contributed by atoms with Crippen LogP contribution in [0.2, 0.25) is 0 Å². The summed E-state index contributed by atoms with van der Waals surface area (Å²) in [6.45, 7) is 6.11. The molecule has 5 nitrogen and oxygen atoms in total. The number of ether oxygens (including phenoxy) is 2. The molecule has 0 saturated heterocycles. The number of rotatable bonds is 4. The van der Waals surface area contributed by atoms with Crippen molar-refractivity contribution in [2.45, 2.75) is 83.8 Å². The molecule has 4 rings (SSSR count). The van der Waals surface area contributed by atoms with Gasteiger partial charge in [0.25, 0.3) is 0 Å². The number of allylic oxidation sites excluding steroid dienone is 1. The van der Waals surface area contributed by atoms with E-state index in [0.29, 0.717) is 36.4 Å². The molecule has 0 aromatic carbocycles. The van der Waals surface area contributed by atoms with E-state index >= 15 is 0 Å². The van der Waals surface area contributed by atoms with E-state index in [1.54, 1.807) is 7.11 Å². The second kappa shape index (κ2) is 7.19. The topological polar surface area (TPSA) is 72.8 Å². The van der Waals surface area contributed by atoms with Gasteiger partial charge in [0.2, 0.25) is 0 Å². The largest absolute Gasteiger partial charge is 0.463 e. The molecule has 0 heterocycles. The summed E-state index contributed by atoms with van der Waals surface area (Å²) in [4.78, 5) is 23.3. The van der Waals surface area contributed by atoms with Gasteiger partial charge in [-0.25, -0.2) is 0 Å². The fourth-order valence-electron chi connectivity index (χ4n) is 7.73. The van der Waals surface area contributed by atoms with Crippen molar-refractivity contribution in [3.05, 3.63) is 11.6 Å². The SMILES string of the molecule is CO[C@@H](COC(C)=O)[C@]1(O)CC[C@H]2[C@@H]3CCC4=CC(=O)CC[C@]4(C)[C@H]3CC[C@@]21C. The Balaban J connectivity index is 1.61. The van der Waals surface area contributed by atoms with Crippen molar-refractivity contribution in [3.63, 3.8) is 0 Å². The number of methoxy groups -OCH3 is 1. The van der Waals surface area contributed by atoms with Gasteiger partial charge in [-0.2, -0.15) is 0 Å². The monoisotopic (exact) mass is 404 g/mol. The van der Waals surface area contributed by atoms with Crippen LogP contribution in [-0.2, 0) is 19.1 Å². The minimum atomic E-state index is -0.980. The van der Waals surface area contributed by atoms with Gasteiger partial charge in [-0.3, -0.25) is 9.59 Å². The van der Waals surface area contributed by atoms with Crippen molar-refractivity contribution in [1.82, 2.24) is 0 Å². The van der Waals surface area contributed by atoms with Gasteiger partial charge in [0, 0.05) is 25.9 Å². The van der Waals surface area contributed by atoms with Crippen LogP contribution in [0.5, 0.6) is 0 Å². The molecular weight excluding hydrogens is 368 g/mol. The molecular formula is C24H36O5. The van der Waals surface area contributed by atoms with Crippen molar-refractivity contribution < 1.29 is 24.2 Å². The minimum absolute atomic E-state index is 0.103. The number of hydrogen-bond acceptors (Lipinski definition) is 5. The Morgan fingerprint density at radius 3 is 2.59 bits per heavy atom. The number of hydrogen-bond donors (Lipinski definition) is 1. The van der Waals surface area contributed by atoms with Gasteiger partial charge < -0.3 is 14.6 Å². The molecule has 29 heavy (non-hydrogen) atoms. The van der Waals surface area contributed by atoms with Crippen LogP contribution >= 0.6 is 0 Å².